The molecule has 0 aromatic heterocycles. The van der Waals surface area contributed by atoms with Crippen molar-refractivity contribution in [1.82, 2.24) is 0 Å². The van der Waals surface area contributed by atoms with Gasteiger partial charge >= 0.3 is 5.97 Å². The molecule has 0 aliphatic carbocycles. The molecular formula is C11H11IO3. The smallest absolute Gasteiger partial charge is 0.342 e. The Balaban J connectivity index is 2.69. The number of phenolic OH excluding ortho intramolecular Hbond substituents is 1. The highest BCUT2D eigenvalue weighted by atomic mass is 127. The molecular weight excluding hydrogens is 307 g/mol. The summed E-state index contributed by atoms with van der Waals surface area (Å²) in [5.41, 5.74) is 2.30. The van der Waals surface area contributed by atoms with Crippen molar-refractivity contribution < 1.29 is 14.6 Å². The van der Waals surface area contributed by atoms with Gasteiger partial charge in [-0.2, -0.15) is 0 Å². The number of hydrogen-bond donors (Lipinski definition) is 1. The van der Waals surface area contributed by atoms with Crippen LogP contribution < -0.4 is 0 Å². The summed E-state index contributed by atoms with van der Waals surface area (Å²) in [6.45, 7) is 3.81. The van der Waals surface area contributed by atoms with Gasteiger partial charge < -0.3 is 9.84 Å². The zero-order valence-corrected chi connectivity index (χ0v) is 10.7. The Bertz CT molecular complexity index is 440. The predicted molar refractivity (Wildman–Crippen MR) is 64.1 cm³/mol. The van der Waals surface area contributed by atoms with E-state index in [9.17, 15) is 9.90 Å². The molecule has 0 radical (unpaired) electrons. The van der Waals surface area contributed by atoms with Gasteiger partial charge in [0, 0.05) is 6.42 Å². The van der Waals surface area contributed by atoms with E-state index in [1.807, 2.05) is 42.5 Å². The Morgan fingerprint density at radius 2 is 2.27 bits per heavy atom. The van der Waals surface area contributed by atoms with Gasteiger partial charge in [-0.3, -0.25) is 0 Å². The lowest BCUT2D eigenvalue weighted by Gasteiger charge is -2.24. The second kappa shape index (κ2) is 3.66. The van der Waals surface area contributed by atoms with E-state index in [0.717, 1.165) is 11.1 Å². The minimum absolute atomic E-state index is 0.0492. The third-order valence-electron chi connectivity index (χ3n) is 2.59. The standard InChI is InChI=1S/C11H11IO3/c1-5-3-8(12)10(13)9-7(5)4-6(2)15-11(9)14/h3,6,13H,4H2,1-2H3/t6-/m1/s1. The van der Waals surface area contributed by atoms with E-state index in [1.165, 1.54) is 0 Å². The normalized spacial score (nSPS) is 19.7. The number of carbonyl (C=O) groups excluding carboxylic acids is 1. The summed E-state index contributed by atoms with van der Waals surface area (Å²) >= 11 is 2.01. The number of phenols is 1. The van der Waals surface area contributed by atoms with Crippen molar-refractivity contribution >= 4 is 28.6 Å². The maximum Gasteiger partial charge on any atom is 0.342 e. The lowest BCUT2D eigenvalue weighted by molar-refractivity contribution is 0.0296. The molecule has 1 N–H and O–H groups in total. The fraction of sp³-hybridized carbons (Fsp3) is 0.364. The number of halogens is 1. The van der Waals surface area contributed by atoms with E-state index < -0.39 is 5.97 Å². The Labute approximate surface area is 102 Å². The van der Waals surface area contributed by atoms with E-state index in [4.69, 9.17) is 4.74 Å². The summed E-state index contributed by atoms with van der Waals surface area (Å²) in [6.07, 6.45) is 0.570. The fourth-order valence-corrected chi connectivity index (χ4v) is 2.60. The molecule has 80 valence electrons. The molecule has 1 aromatic rings. The van der Waals surface area contributed by atoms with Crippen LogP contribution in [0, 0.1) is 10.5 Å². The van der Waals surface area contributed by atoms with E-state index in [2.05, 4.69) is 0 Å². The lowest BCUT2D eigenvalue weighted by atomic mass is 9.94. The van der Waals surface area contributed by atoms with Crippen LogP contribution in [0.2, 0.25) is 0 Å². The van der Waals surface area contributed by atoms with E-state index in [0.29, 0.717) is 15.6 Å². The molecule has 1 aromatic carbocycles. The van der Waals surface area contributed by atoms with Crippen molar-refractivity contribution in [2.24, 2.45) is 0 Å². The van der Waals surface area contributed by atoms with Crippen molar-refractivity contribution in [2.45, 2.75) is 26.4 Å². The zero-order chi connectivity index (χ0) is 11.2. The maximum absolute atomic E-state index is 11.6. The van der Waals surface area contributed by atoms with Crippen molar-refractivity contribution in [3.05, 3.63) is 26.3 Å². The molecule has 0 saturated carbocycles. The summed E-state index contributed by atoms with van der Waals surface area (Å²) in [5.74, 6) is -0.365. The van der Waals surface area contributed by atoms with Gasteiger partial charge in [-0.15, -0.1) is 0 Å². The molecule has 1 heterocycles. The van der Waals surface area contributed by atoms with Crippen LogP contribution in [0.4, 0.5) is 0 Å². The summed E-state index contributed by atoms with van der Waals surface area (Å²) in [5, 5.41) is 9.82. The van der Waals surface area contributed by atoms with Crippen LogP contribution in [0.5, 0.6) is 5.75 Å². The summed E-state index contributed by atoms with van der Waals surface area (Å²) in [6, 6.07) is 1.89. The molecule has 0 unspecified atom stereocenters. The number of rotatable bonds is 0. The summed E-state index contributed by atoms with van der Waals surface area (Å²) in [7, 11) is 0. The number of esters is 1. The molecule has 4 heteroatoms. The number of ether oxygens (including phenoxy) is 1. The third kappa shape index (κ3) is 1.71. The van der Waals surface area contributed by atoms with Crippen LogP contribution in [-0.4, -0.2) is 17.2 Å². The highest BCUT2D eigenvalue weighted by molar-refractivity contribution is 14.1. The molecule has 1 aliphatic heterocycles. The van der Waals surface area contributed by atoms with Gasteiger partial charge in [-0.05, 0) is 53.6 Å². The second-order valence-electron chi connectivity index (χ2n) is 3.80. The summed E-state index contributed by atoms with van der Waals surface area (Å²) < 4.78 is 5.79. The molecule has 0 fully saturated rings. The highest BCUT2D eigenvalue weighted by Gasteiger charge is 2.29. The van der Waals surface area contributed by atoms with Crippen molar-refractivity contribution in [3.8, 4) is 5.75 Å². The van der Waals surface area contributed by atoms with Crippen LogP contribution in [0.3, 0.4) is 0 Å². The lowest BCUT2D eigenvalue weighted by Crippen LogP contribution is -2.26. The van der Waals surface area contributed by atoms with Gasteiger partial charge in [-0.1, -0.05) is 0 Å². The highest BCUT2D eigenvalue weighted by Crippen LogP contribution is 2.34. The third-order valence-corrected chi connectivity index (χ3v) is 3.41. The van der Waals surface area contributed by atoms with E-state index in [-0.39, 0.29) is 11.9 Å². The molecule has 0 amide bonds. The van der Waals surface area contributed by atoms with Gasteiger partial charge in [0.05, 0.1) is 3.57 Å². The average molecular weight is 318 g/mol. The van der Waals surface area contributed by atoms with Gasteiger partial charge in [0.2, 0.25) is 0 Å². The summed E-state index contributed by atoms with van der Waals surface area (Å²) in [4.78, 5) is 11.6. The van der Waals surface area contributed by atoms with Gasteiger partial charge in [0.1, 0.15) is 17.4 Å². The van der Waals surface area contributed by atoms with Crippen molar-refractivity contribution in [1.29, 1.82) is 0 Å². The number of cyclic esters (lactones) is 1. The van der Waals surface area contributed by atoms with E-state index in [1.54, 1.807) is 0 Å². The largest absolute Gasteiger partial charge is 0.506 e. The molecule has 3 nitrogen and oxygen atoms in total. The minimum atomic E-state index is -0.414. The molecule has 2 rings (SSSR count). The first-order chi connectivity index (χ1) is 7.00. The first-order valence-electron chi connectivity index (χ1n) is 4.72. The molecule has 1 atom stereocenters. The van der Waals surface area contributed by atoms with Crippen molar-refractivity contribution in [2.75, 3.05) is 0 Å². The molecule has 1 aliphatic rings. The van der Waals surface area contributed by atoms with Gasteiger partial charge in [0.15, 0.2) is 0 Å². The average Bonchev–Trinajstić information content (AvgIpc) is 2.13. The first-order valence-corrected chi connectivity index (χ1v) is 5.80. The van der Waals surface area contributed by atoms with Crippen molar-refractivity contribution in [3.63, 3.8) is 0 Å². The first kappa shape index (κ1) is 10.7. The molecule has 0 spiro atoms. The van der Waals surface area contributed by atoms with Crippen LogP contribution in [0.25, 0.3) is 0 Å². The SMILES string of the molecule is Cc1cc(I)c(O)c2c1C[C@@H](C)OC2=O. The zero-order valence-electron chi connectivity index (χ0n) is 8.50. The number of hydrogen-bond acceptors (Lipinski definition) is 3. The van der Waals surface area contributed by atoms with Gasteiger partial charge in [0.25, 0.3) is 0 Å². The Kier molecular flexibility index (Phi) is 2.62. The minimum Gasteiger partial charge on any atom is -0.506 e. The Hall–Kier alpha value is -0.780. The number of benzene rings is 1. The Morgan fingerprint density at radius 3 is 2.93 bits per heavy atom. The molecule has 15 heavy (non-hydrogen) atoms. The topological polar surface area (TPSA) is 46.5 Å². The van der Waals surface area contributed by atoms with Crippen LogP contribution >= 0.6 is 22.6 Å². The Morgan fingerprint density at radius 1 is 1.60 bits per heavy atom. The number of fused-ring (bicyclic) bond motifs is 1. The molecule has 0 bridgehead atoms. The maximum atomic E-state index is 11.6. The molecule has 0 saturated heterocycles. The van der Waals surface area contributed by atoms with Crippen LogP contribution in [0.15, 0.2) is 6.07 Å². The van der Waals surface area contributed by atoms with Gasteiger partial charge in [-0.25, -0.2) is 4.79 Å². The number of aryl methyl sites for hydroxylation is 1. The fourth-order valence-electron chi connectivity index (χ4n) is 1.86. The van der Waals surface area contributed by atoms with E-state index >= 15 is 0 Å². The van der Waals surface area contributed by atoms with Crippen LogP contribution in [-0.2, 0) is 11.2 Å². The second-order valence-corrected chi connectivity index (χ2v) is 4.96. The number of aromatic hydroxyl groups is 1. The quantitative estimate of drug-likeness (QED) is 0.590. The predicted octanol–water partition coefficient (Wildman–Crippen LogP) is 2.41. The van der Waals surface area contributed by atoms with Crippen LogP contribution in [0.1, 0.15) is 28.4 Å². The number of carbonyl (C=O) groups is 1. The monoisotopic (exact) mass is 318 g/mol.